The van der Waals surface area contributed by atoms with Crippen molar-refractivity contribution in [1.82, 2.24) is 10.6 Å². The Bertz CT molecular complexity index is 1500. The van der Waals surface area contributed by atoms with Crippen LogP contribution < -0.4 is 31.6 Å². The van der Waals surface area contributed by atoms with Crippen molar-refractivity contribution in [3.63, 3.8) is 0 Å². The topological polar surface area (TPSA) is 94.6 Å². The van der Waals surface area contributed by atoms with Crippen molar-refractivity contribution >= 4 is 11.4 Å². The first-order valence-electron chi connectivity index (χ1n) is 13.8. The summed E-state index contributed by atoms with van der Waals surface area (Å²) in [5, 5.41) is 7.15. The third-order valence-corrected chi connectivity index (χ3v) is 6.74. The van der Waals surface area contributed by atoms with E-state index in [9.17, 15) is 0 Å². The molecule has 0 heterocycles. The Labute approximate surface area is 241 Å². The van der Waals surface area contributed by atoms with Crippen molar-refractivity contribution in [3.8, 4) is 23.0 Å². The summed E-state index contributed by atoms with van der Waals surface area (Å²) in [5.74, 6) is 3.16. The monoisotopic (exact) mass is 544 g/mol. The minimum Gasteiger partial charge on any atom is -0.457 e. The Balaban J connectivity index is 1.04. The molecule has 5 rings (SSSR count). The lowest BCUT2D eigenvalue weighted by Gasteiger charge is -2.12. The molecule has 0 aliphatic heterocycles. The second-order valence-corrected chi connectivity index (χ2v) is 9.93. The Morgan fingerprint density at radius 2 is 0.854 bits per heavy atom. The van der Waals surface area contributed by atoms with Gasteiger partial charge in [0.05, 0.1) is 0 Å². The van der Waals surface area contributed by atoms with Crippen LogP contribution in [0.2, 0.25) is 0 Å². The van der Waals surface area contributed by atoms with Crippen LogP contribution in [0.15, 0.2) is 121 Å². The SMILES string of the molecule is Nc1ccc(Oc2ccc(CNCCc3ccccc3CNCc3ccc(Oc4ccc(N)cc4)cc3)cc2)cc1. The van der Waals surface area contributed by atoms with E-state index in [4.69, 9.17) is 20.9 Å². The van der Waals surface area contributed by atoms with Crippen LogP contribution in [0.4, 0.5) is 11.4 Å². The fourth-order valence-corrected chi connectivity index (χ4v) is 4.47. The summed E-state index contributed by atoms with van der Waals surface area (Å²) < 4.78 is 11.8. The Morgan fingerprint density at radius 1 is 0.439 bits per heavy atom. The smallest absolute Gasteiger partial charge is 0.127 e. The fraction of sp³-hybridized carbons (Fsp3) is 0.143. The van der Waals surface area contributed by atoms with Crippen LogP contribution in [0.5, 0.6) is 23.0 Å². The number of anilines is 2. The molecule has 6 nitrogen and oxygen atoms in total. The van der Waals surface area contributed by atoms with Gasteiger partial charge in [-0.05, 0) is 108 Å². The first-order valence-corrected chi connectivity index (χ1v) is 13.8. The second-order valence-electron chi connectivity index (χ2n) is 9.93. The standard InChI is InChI=1S/C35H36N4O2/c36-30-9-17-34(18-10-30)40-32-13-5-26(6-14-32)23-38-22-21-28-3-1-2-4-29(28)25-39-24-27-7-15-33(16-8-27)41-35-19-11-31(37)12-20-35/h1-20,38-39H,21-25,36-37H2. The summed E-state index contributed by atoms with van der Waals surface area (Å²) in [5.41, 5.74) is 18.0. The van der Waals surface area contributed by atoms with Gasteiger partial charge in [0.2, 0.25) is 0 Å². The number of ether oxygens (including phenoxy) is 2. The molecular weight excluding hydrogens is 508 g/mol. The van der Waals surface area contributed by atoms with Crippen molar-refractivity contribution in [2.45, 2.75) is 26.1 Å². The maximum atomic E-state index is 5.89. The van der Waals surface area contributed by atoms with E-state index in [1.54, 1.807) is 0 Å². The highest BCUT2D eigenvalue weighted by molar-refractivity contribution is 5.44. The molecule has 5 aromatic carbocycles. The van der Waals surface area contributed by atoms with Crippen LogP contribution >= 0.6 is 0 Å². The van der Waals surface area contributed by atoms with Gasteiger partial charge in [0.25, 0.3) is 0 Å². The summed E-state index contributed by atoms with van der Waals surface area (Å²) in [6.07, 6.45) is 0.966. The molecule has 0 aromatic heterocycles. The lowest BCUT2D eigenvalue weighted by atomic mass is 10.0. The lowest BCUT2D eigenvalue weighted by Crippen LogP contribution is -2.19. The third-order valence-electron chi connectivity index (χ3n) is 6.74. The molecule has 0 saturated heterocycles. The molecule has 0 bridgehead atoms. The lowest BCUT2D eigenvalue weighted by molar-refractivity contribution is 0.482. The summed E-state index contributed by atoms with van der Waals surface area (Å²) in [6.45, 7) is 3.30. The van der Waals surface area contributed by atoms with E-state index in [-0.39, 0.29) is 0 Å². The zero-order valence-corrected chi connectivity index (χ0v) is 23.1. The molecule has 0 atom stereocenters. The number of hydrogen-bond donors (Lipinski definition) is 4. The van der Waals surface area contributed by atoms with Crippen LogP contribution in [0.3, 0.4) is 0 Å². The van der Waals surface area contributed by atoms with Gasteiger partial charge >= 0.3 is 0 Å². The van der Waals surface area contributed by atoms with E-state index >= 15 is 0 Å². The number of nitrogens with two attached hydrogens (primary N) is 2. The molecule has 0 aliphatic carbocycles. The van der Waals surface area contributed by atoms with Gasteiger partial charge in [-0.3, -0.25) is 0 Å². The molecule has 0 radical (unpaired) electrons. The van der Waals surface area contributed by atoms with Crippen molar-refractivity contribution in [2.24, 2.45) is 0 Å². The van der Waals surface area contributed by atoms with Crippen molar-refractivity contribution in [1.29, 1.82) is 0 Å². The molecule has 5 aromatic rings. The minimum atomic E-state index is 0.723. The number of nitrogen functional groups attached to an aromatic ring is 2. The molecule has 6 heteroatoms. The van der Waals surface area contributed by atoms with E-state index in [2.05, 4.69) is 59.2 Å². The number of benzene rings is 5. The van der Waals surface area contributed by atoms with Gasteiger partial charge in [0.1, 0.15) is 23.0 Å². The molecule has 0 unspecified atom stereocenters. The molecule has 6 N–H and O–H groups in total. The normalized spacial score (nSPS) is 10.8. The van der Waals surface area contributed by atoms with E-state index in [0.717, 1.165) is 67.0 Å². The zero-order valence-electron chi connectivity index (χ0n) is 23.1. The summed E-state index contributed by atoms with van der Waals surface area (Å²) in [4.78, 5) is 0. The summed E-state index contributed by atoms with van der Waals surface area (Å²) in [6, 6.07) is 39.8. The predicted octanol–water partition coefficient (Wildman–Crippen LogP) is 7.06. The van der Waals surface area contributed by atoms with Crippen LogP contribution in [0.25, 0.3) is 0 Å². The molecule has 0 aliphatic rings. The van der Waals surface area contributed by atoms with E-state index in [0.29, 0.717) is 0 Å². The van der Waals surface area contributed by atoms with Gasteiger partial charge in [-0.15, -0.1) is 0 Å². The highest BCUT2D eigenvalue weighted by Gasteiger charge is 2.04. The largest absolute Gasteiger partial charge is 0.457 e. The number of rotatable bonds is 13. The Kier molecular flexibility index (Phi) is 9.50. The maximum absolute atomic E-state index is 5.89. The van der Waals surface area contributed by atoms with Gasteiger partial charge in [0.15, 0.2) is 0 Å². The molecule has 0 spiro atoms. The highest BCUT2D eigenvalue weighted by Crippen LogP contribution is 2.24. The van der Waals surface area contributed by atoms with Crippen molar-refractivity contribution in [2.75, 3.05) is 18.0 Å². The third kappa shape index (κ3) is 8.60. The van der Waals surface area contributed by atoms with E-state index in [1.807, 2.05) is 72.8 Å². The zero-order chi connectivity index (χ0) is 28.3. The second kappa shape index (κ2) is 14.0. The average molecular weight is 545 g/mol. The van der Waals surface area contributed by atoms with Gasteiger partial charge in [0, 0.05) is 31.0 Å². The van der Waals surface area contributed by atoms with Gasteiger partial charge in [-0.1, -0.05) is 48.5 Å². The molecular formula is C35H36N4O2. The Hall–Kier alpha value is -4.78. The fourth-order valence-electron chi connectivity index (χ4n) is 4.47. The van der Waals surface area contributed by atoms with Crippen LogP contribution in [0.1, 0.15) is 22.3 Å². The van der Waals surface area contributed by atoms with Crippen LogP contribution in [-0.2, 0) is 26.1 Å². The van der Waals surface area contributed by atoms with Gasteiger partial charge in [-0.2, -0.15) is 0 Å². The van der Waals surface area contributed by atoms with Crippen molar-refractivity contribution in [3.05, 3.63) is 144 Å². The predicted molar refractivity (Wildman–Crippen MR) is 167 cm³/mol. The number of hydrogen-bond acceptors (Lipinski definition) is 6. The van der Waals surface area contributed by atoms with Crippen LogP contribution in [-0.4, -0.2) is 6.54 Å². The quantitative estimate of drug-likeness (QED) is 0.0937. The van der Waals surface area contributed by atoms with E-state index in [1.165, 1.54) is 22.3 Å². The average Bonchev–Trinajstić information content (AvgIpc) is 3.00. The summed E-state index contributed by atoms with van der Waals surface area (Å²) in [7, 11) is 0. The van der Waals surface area contributed by atoms with Gasteiger partial charge < -0.3 is 31.6 Å². The summed E-state index contributed by atoms with van der Waals surface area (Å²) >= 11 is 0. The molecule has 0 fully saturated rings. The van der Waals surface area contributed by atoms with Crippen LogP contribution in [0, 0.1) is 0 Å². The maximum Gasteiger partial charge on any atom is 0.127 e. The Morgan fingerprint density at radius 3 is 1.34 bits per heavy atom. The van der Waals surface area contributed by atoms with Gasteiger partial charge in [-0.25, -0.2) is 0 Å². The molecule has 0 amide bonds. The molecule has 208 valence electrons. The molecule has 0 saturated carbocycles. The van der Waals surface area contributed by atoms with E-state index < -0.39 is 0 Å². The first-order chi connectivity index (χ1) is 20.1. The first kappa shape index (κ1) is 27.8. The minimum absolute atomic E-state index is 0.723. The molecule has 41 heavy (non-hydrogen) atoms. The van der Waals surface area contributed by atoms with Crippen molar-refractivity contribution < 1.29 is 9.47 Å². The number of nitrogens with one attached hydrogen (secondary N) is 2. The highest BCUT2D eigenvalue weighted by atomic mass is 16.5.